The van der Waals surface area contributed by atoms with Gasteiger partial charge in [-0.1, -0.05) is 74.9 Å². The highest BCUT2D eigenvalue weighted by Gasteiger charge is 2.38. The van der Waals surface area contributed by atoms with E-state index in [-0.39, 0.29) is 22.3 Å². The smallest absolute Gasteiger partial charge is 0.261 e. The quantitative estimate of drug-likeness (QED) is 0.358. The molecule has 0 amide bonds. The van der Waals surface area contributed by atoms with E-state index < -0.39 is 10.0 Å². The van der Waals surface area contributed by atoms with Gasteiger partial charge in [0.15, 0.2) is 0 Å². The molecule has 0 bridgehead atoms. The van der Waals surface area contributed by atoms with E-state index in [0.717, 1.165) is 23.2 Å². The van der Waals surface area contributed by atoms with Crippen LogP contribution in [0, 0.1) is 12.8 Å². The van der Waals surface area contributed by atoms with Gasteiger partial charge in [-0.2, -0.15) is 0 Å². The second kappa shape index (κ2) is 8.72. The number of anilines is 2. The molecule has 2 aliphatic rings. The van der Waals surface area contributed by atoms with Gasteiger partial charge in [-0.15, -0.1) is 0 Å². The third-order valence-corrected chi connectivity index (χ3v) is 8.82. The molecule has 35 heavy (non-hydrogen) atoms. The van der Waals surface area contributed by atoms with Crippen molar-refractivity contribution in [1.29, 1.82) is 0 Å². The molecule has 1 aliphatic heterocycles. The highest BCUT2D eigenvalue weighted by Crippen LogP contribution is 2.50. The number of allylic oxidation sites excluding steroid dienone is 2. The Hall–Kier alpha value is -2.76. The van der Waals surface area contributed by atoms with E-state index in [1.54, 1.807) is 24.3 Å². The van der Waals surface area contributed by atoms with E-state index in [9.17, 15) is 8.42 Å². The van der Waals surface area contributed by atoms with Crippen molar-refractivity contribution in [3.05, 3.63) is 100 Å². The Bertz CT molecular complexity index is 1410. The maximum absolute atomic E-state index is 13.2. The molecule has 0 saturated heterocycles. The maximum Gasteiger partial charge on any atom is 0.261 e. The molecule has 0 spiro atoms. The van der Waals surface area contributed by atoms with Crippen LogP contribution in [0.25, 0.3) is 0 Å². The minimum absolute atomic E-state index is 0.113. The summed E-state index contributed by atoms with van der Waals surface area (Å²) in [5.41, 5.74) is 6.01. The summed E-state index contributed by atoms with van der Waals surface area (Å²) in [4.78, 5) is 0.254. The number of hydrogen-bond donors (Lipinski definition) is 2. The molecule has 0 fully saturated rings. The number of fused-ring (bicyclic) bond motifs is 3. The lowest BCUT2D eigenvalue weighted by Crippen LogP contribution is -2.29. The Morgan fingerprint density at radius 2 is 1.74 bits per heavy atom. The van der Waals surface area contributed by atoms with Gasteiger partial charge in [-0.3, -0.25) is 4.72 Å². The lowest BCUT2D eigenvalue weighted by molar-refractivity contribution is 0.425. The topological polar surface area (TPSA) is 58.2 Å². The van der Waals surface area contributed by atoms with Crippen LogP contribution in [-0.2, 0) is 15.4 Å². The van der Waals surface area contributed by atoms with Crippen LogP contribution < -0.4 is 10.0 Å². The van der Waals surface area contributed by atoms with Crippen LogP contribution in [-0.4, -0.2) is 8.42 Å². The lowest BCUT2D eigenvalue weighted by Gasteiger charge is -2.38. The van der Waals surface area contributed by atoms with Gasteiger partial charge in [-0.05, 0) is 77.3 Å². The summed E-state index contributed by atoms with van der Waals surface area (Å²) < 4.78 is 29.2. The largest absolute Gasteiger partial charge is 0.378 e. The lowest BCUT2D eigenvalue weighted by atomic mass is 9.76. The van der Waals surface area contributed by atoms with Crippen LogP contribution in [0.1, 0.15) is 61.4 Å². The van der Waals surface area contributed by atoms with Crippen molar-refractivity contribution in [2.24, 2.45) is 5.92 Å². The predicted octanol–water partition coefficient (Wildman–Crippen LogP) is 7.57. The second-order valence-electron chi connectivity index (χ2n) is 10.7. The Morgan fingerprint density at radius 3 is 2.46 bits per heavy atom. The first-order valence-corrected chi connectivity index (χ1v) is 13.9. The number of aryl methyl sites for hydroxylation is 1. The highest BCUT2D eigenvalue weighted by atomic mass is 35.5. The van der Waals surface area contributed by atoms with Gasteiger partial charge >= 0.3 is 0 Å². The van der Waals surface area contributed by atoms with E-state index in [0.29, 0.717) is 16.6 Å². The van der Waals surface area contributed by atoms with Crippen LogP contribution in [0.4, 0.5) is 11.4 Å². The number of benzene rings is 3. The molecule has 0 aromatic heterocycles. The van der Waals surface area contributed by atoms with Crippen LogP contribution in [0.2, 0.25) is 5.02 Å². The minimum atomic E-state index is -3.76. The van der Waals surface area contributed by atoms with Crippen molar-refractivity contribution < 1.29 is 8.42 Å². The van der Waals surface area contributed by atoms with E-state index in [2.05, 4.69) is 67.2 Å². The molecular weight excluding hydrogens is 476 g/mol. The summed E-state index contributed by atoms with van der Waals surface area (Å²) in [7, 11) is -3.76. The van der Waals surface area contributed by atoms with Crippen molar-refractivity contribution in [2.45, 2.75) is 56.4 Å². The standard InChI is InChI=1S/C29H31ClN2O2S/c1-18-8-13-21(30)16-27(18)32-35(33,34)22-14-15-26-25(17-22)23-6-5-7-24(23)28(31-26)19-9-11-20(12-10-19)29(2,3)4/h5-6,8-17,23-24,28,31-32H,7H2,1-4H3/t23-,24+,28+/m0/s1. The molecule has 3 atom stereocenters. The first-order chi connectivity index (χ1) is 16.5. The monoisotopic (exact) mass is 506 g/mol. The zero-order chi connectivity index (χ0) is 25.0. The van der Waals surface area contributed by atoms with Gasteiger partial charge in [0, 0.05) is 16.6 Å². The molecule has 5 rings (SSSR count). The molecule has 1 heterocycles. The number of nitrogens with one attached hydrogen (secondary N) is 2. The predicted molar refractivity (Wildman–Crippen MR) is 145 cm³/mol. The van der Waals surface area contributed by atoms with Gasteiger partial charge in [0.1, 0.15) is 0 Å². The summed E-state index contributed by atoms with van der Waals surface area (Å²) in [5.74, 6) is 0.505. The van der Waals surface area contributed by atoms with Gasteiger partial charge in [-0.25, -0.2) is 8.42 Å². The second-order valence-corrected chi connectivity index (χ2v) is 12.8. The van der Waals surface area contributed by atoms with Crippen LogP contribution in [0.3, 0.4) is 0 Å². The molecule has 3 aromatic rings. The molecule has 182 valence electrons. The SMILES string of the molecule is Cc1ccc(Cl)cc1NS(=O)(=O)c1ccc2c(c1)[C@H]1C=CC[C@H]1[C@@H](c1ccc(C(C)(C)C)cc1)N2. The normalized spacial score (nSPS) is 21.2. The average molecular weight is 507 g/mol. The summed E-state index contributed by atoms with van der Waals surface area (Å²) in [6, 6.07) is 19.7. The van der Waals surface area contributed by atoms with Crippen LogP contribution >= 0.6 is 11.6 Å². The zero-order valence-corrected chi connectivity index (χ0v) is 22.0. The van der Waals surface area contributed by atoms with Crippen molar-refractivity contribution in [2.75, 3.05) is 10.0 Å². The van der Waals surface area contributed by atoms with Crippen LogP contribution in [0.5, 0.6) is 0 Å². The minimum Gasteiger partial charge on any atom is -0.378 e. The van der Waals surface area contributed by atoms with Gasteiger partial charge in [0.25, 0.3) is 10.0 Å². The van der Waals surface area contributed by atoms with Gasteiger partial charge in [0.05, 0.1) is 16.6 Å². The Morgan fingerprint density at radius 1 is 1.00 bits per heavy atom. The van der Waals surface area contributed by atoms with Gasteiger partial charge in [0.2, 0.25) is 0 Å². The van der Waals surface area contributed by atoms with Crippen molar-refractivity contribution >= 4 is 33.0 Å². The number of hydrogen-bond acceptors (Lipinski definition) is 3. The third-order valence-electron chi connectivity index (χ3n) is 7.22. The zero-order valence-electron chi connectivity index (χ0n) is 20.5. The molecule has 0 radical (unpaired) electrons. The summed E-state index contributed by atoms with van der Waals surface area (Å²) >= 11 is 6.09. The number of rotatable bonds is 4. The molecule has 3 aromatic carbocycles. The first-order valence-electron chi connectivity index (χ1n) is 12.0. The Labute approximate surface area is 213 Å². The van der Waals surface area contributed by atoms with Gasteiger partial charge < -0.3 is 5.32 Å². The fourth-order valence-electron chi connectivity index (χ4n) is 5.17. The van der Waals surface area contributed by atoms with Crippen molar-refractivity contribution in [3.63, 3.8) is 0 Å². The van der Waals surface area contributed by atoms with Crippen LogP contribution in [0.15, 0.2) is 77.7 Å². The Balaban J connectivity index is 1.46. The van der Waals surface area contributed by atoms with Crippen molar-refractivity contribution in [1.82, 2.24) is 0 Å². The molecule has 0 saturated carbocycles. The van der Waals surface area contributed by atoms with Crippen molar-refractivity contribution in [3.8, 4) is 0 Å². The third kappa shape index (κ3) is 4.60. The molecule has 6 heteroatoms. The van der Waals surface area contributed by atoms with E-state index in [1.165, 1.54) is 11.1 Å². The molecule has 2 N–H and O–H groups in total. The van der Waals surface area contributed by atoms with E-state index in [4.69, 9.17) is 11.6 Å². The molecule has 0 unspecified atom stereocenters. The maximum atomic E-state index is 13.2. The average Bonchev–Trinajstić information content (AvgIpc) is 3.30. The van der Waals surface area contributed by atoms with E-state index >= 15 is 0 Å². The highest BCUT2D eigenvalue weighted by molar-refractivity contribution is 7.92. The van der Waals surface area contributed by atoms with E-state index in [1.807, 2.05) is 19.1 Å². The summed E-state index contributed by atoms with van der Waals surface area (Å²) in [5, 5.41) is 4.20. The molecule has 1 aliphatic carbocycles. The summed E-state index contributed by atoms with van der Waals surface area (Å²) in [6.45, 7) is 8.53. The Kier molecular flexibility index (Phi) is 5.97. The fraction of sp³-hybridized carbons (Fsp3) is 0.310. The number of sulfonamides is 1. The summed E-state index contributed by atoms with van der Waals surface area (Å²) in [6.07, 6.45) is 5.41. The fourth-order valence-corrected chi connectivity index (χ4v) is 6.50. The molecule has 4 nitrogen and oxygen atoms in total. The molecular formula is C29H31ClN2O2S. The first kappa shape index (κ1) is 24.0. The number of halogens is 1.